The Morgan fingerprint density at radius 1 is 0.462 bits per heavy atom. The molecule has 0 aliphatic heterocycles. The van der Waals surface area contributed by atoms with Crippen molar-refractivity contribution in [3.63, 3.8) is 0 Å². The third-order valence-corrected chi connectivity index (χ3v) is 9.15. The highest BCUT2D eigenvalue weighted by Gasteiger charge is 2.22. The van der Waals surface area contributed by atoms with Gasteiger partial charge in [0, 0.05) is 48.9 Å². The molecule has 4 heterocycles. The van der Waals surface area contributed by atoms with E-state index in [1.807, 2.05) is 17.5 Å². The predicted octanol–water partition coefficient (Wildman–Crippen LogP) is 9.64. The maximum atomic E-state index is 5.07. The standard InChI is InChI=1S/C35H21N3S/c1-2-10-22(11-3-1)37-29-15-7-4-12-23(29)26-18-19-27-24-13-5-8-16-30(24)38(33(27)32(26)37)35-34-28(20-21-36-35)25-14-6-9-17-31(25)39-34/h1-21H. The Morgan fingerprint density at radius 2 is 1.05 bits per heavy atom. The molecule has 0 N–H and O–H groups in total. The second-order valence-corrected chi connectivity index (χ2v) is 11.1. The number of benzene rings is 5. The summed E-state index contributed by atoms with van der Waals surface area (Å²) in [5, 5.41) is 7.50. The average Bonchev–Trinajstić information content (AvgIpc) is 3.65. The molecular formula is C35H21N3S. The first kappa shape index (κ1) is 21.1. The fourth-order valence-electron chi connectivity index (χ4n) is 6.36. The van der Waals surface area contributed by atoms with Crippen molar-refractivity contribution in [2.75, 3.05) is 0 Å². The van der Waals surface area contributed by atoms with Crippen molar-refractivity contribution in [3.05, 3.63) is 128 Å². The van der Waals surface area contributed by atoms with Crippen LogP contribution in [0.3, 0.4) is 0 Å². The summed E-state index contributed by atoms with van der Waals surface area (Å²) in [5.41, 5.74) is 5.92. The molecule has 39 heavy (non-hydrogen) atoms. The zero-order valence-corrected chi connectivity index (χ0v) is 21.7. The number of hydrogen-bond donors (Lipinski definition) is 0. The molecule has 182 valence electrons. The van der Waals surface area contributed by atoms with Crippen molar-refractivity contribution in [2.45, 2.75) is 0 Å². The minimum atomic E-state index is 0.984. The molecule has 0 saturated carbocycles. The molecule has 4 heteroatoms. The van der Waals surface area contributed by atoms with Crippen molar-refractivity contribution in [3.8, 4) is 11.5 Å². The minimum absolute atomic E-state index is 0.984. The van der Waals surface area contributed by atoms with Gasteiger partial charge in [0.2, 0.25) is 0 Å². The van der Waals surface area contributed by atoms with E-state index in [2.05, 4.69) is 130 Å². The van der Waals surface area contributed by atoms with Crippen LogP contribution in [0.1, 0.15) is 0 Å². The Bertz CT molecular complexity index is 2390. The lowest BCUT2D eigenvalue weighted by Gasteiger charge is -2.12. The van der Waals surface area contributed by atoms with E-state index < -0.39 is 0 Å². The fraction of sp³-hybridized carbons (Fsp3) is 0. The van der Waals surface area contributed by atoms with E-state index in [0.29, 0.717) is 0 Å². The van der Waals surface area contributed by atoms with Crippen LogP contribution in [-0.2, 0) is 0 Å². The number of fused-ring (bicyclic) bond motifs is 10. The highest BCUT2D eigenvalue weighted by Crippen LogP contribution is 2.43. The zero-order chi connectivity index (χ0) is 25.5. The normalized spacial score (nSPS) is 12.1. The van der Waals surface area contributed by atoms with Crippen molar-refractivity contribution < 1.29 is 0 Å². The van der Waals surface area contributed by atoms with Crippen LogP contribution >= 0.6 is 11.3 Å². The fourth-order valence-corrected chi connectivity index (χ4v) is 7.54. The van der Waals surface area contributed by atoms with Gasteiger partial charge in [0.05, 0.1) is 26.8 Å². The summed E-state index contributed by atoms with van der Waals surface area (Å²) in [5.74, 6) is 0.984. The molecule has 0 fully saturated rings. The number of nitrogens with zero attached hydrogens (tertiary/aromatic N) is 3. The molecule has 0 atom stereocenters. The maximum absolute atomic E-state index is 5.07. The van der Waals surface area contributed by atoms with E-state index in [1.54, 1.807) is 0 Å². The summed E-state index contributed by atoms with van der Waals surface area (Å²) in [6.45, 7) is 0. The van der Waals surface area contributed by atoms with Crippen LogP contribution in [0.4, 0.5) is 0 Å². The smallest absolute Gasteiger partial charge is 0.155 e. The van der Waals surface area contributed by atoms with Crippen molar-refractivity contribution in [1.82, 2.24) is 14.1 Å². The lowest BCUT2D eigenvalue weighted by molar-refractivity contribution is 1.10. The SMILES string of the molecule is c1ccc(-n2c3ccccc3c3ccc4c5ccccc5n(-c5nccc6c5sc5ccccc56)c4c32)cc1. The molecule has 5 aromatic carbocycles. The van der Waals surface area contributed by atoms with Gasteiger partial charge in [0.25, 0.3) is 0 Å². The van der Waals surface area contributed by atoms with E-state index in [9.17, 15) is 0 Å². The number of para-hydroxylation sites is 3. The molecule has 0 bridgehead atoms. The number of aromatic nitrogens is 3. The van der Waals surface area contributed by atoms with E-state index in [4.69, 9.17) is 4.98 Å². The van der Waals surface area contributed by atoms with Gasteiger partial charge in [-0.2, -0.15) is 0 Å². The first-order valence-electron chi connectivity index (χ1n) is 13.2. The third-order valence-electron chi connectivity index (χ3n) is 7.97. The maximum Gasteiger partial charge on any atom is 0.155 e. The zero-order valence-electron chi connectivity index (χ0n) is 20.9. The van der Waals surface area contributed by atoms with Gasteiger partial charge < -0.3 is 4.57 Å². The Labute approximate surface area is 227 Å². The quantitative estimate of drug-likeness (QED) is 0.225. The largest absolute Gasteiger partial charge is 0.307 e. The van der Waals surface area contributed by atoms with E-state index in [-0.39, 0.29) is 0 Å². The molecule has 0 aliphatic rings. The summed E-state index contributed by atoms with van der Waals surface area (Å²) in [6.07, 6.45) is 1.96. The second-order valence-electron chi connectivity index (χ2n) is 10.0. The summed E-state index contributed by atoms with van der Waals surface area (Å²) in [6, 6.07) is 43.6. The molecule has 0 unspecified atom stereocenters. The first-order valence-corrected chi connectivity index (χ1v) is 14.0. The number of pyridine rings is 1. The van der Waals surface area contributed by atoms with Gasteiger partial charge in [-0.25, -0.2) is 4.98 Å². The molecule has 0 aliphatic carbocycles. The van der Waals surface area contributed by atoms with Gasteiger partial charge in [-0.05, 0) is 36.4 Å². The lowest BCUT2D eigenvalue weighted by Crippen LogP contribution is -2.00. The van der Waals surface area contributed by atoms with Crippen molar-refractivity contribution in [2.24, 2.45) is 0 Å². The van der Waals surface area contributed by atoms with E-state index >= 15 is 0 Å². The molecule has 4 aromatic heterocycles. The topological polar surface area (TPSA) is 22.8 Å². The molecule has 0 saturated heterocycles. The third kappa shape index (κ3) is 2.78. The number of rotatable bonds is 2. The van der Waals surface area contributed by atoms with Gasteiger partial charge in [0.15, 0.2) is 5.82 Å². The lowest BCUT2D eigenvalue weighted by atomic mass is 10.1. The van der Waals surface area contributed by atoms with Crippen LogP contribution in [0.25, 0.3) is 75.3 Å². The van der Waals surface area contributed by atoms with Crippen molar-refractivity contribution in [1.29, 1.82) is 0 Å². The number of thiophene rings is 1. The van der Waals surface area contributed by atoms with Crippen molar-refractivity contribution >= 4 is 75.1 Å². The minimum Gasteiger partial charge on any atom is -0.307 e. The Balaban J connectivity index is 1.56. The molecule has 9 rings (SSSR count). The second kappa shape index (κ2) is 7.79. The van der Waals surface area contributed by atoms with E-state index in [0.717, 1.165) is 11.5 Å². The van der Waals surface area contributed by atoms with Gasteiger partial charge in [-0.1, -0.05) is 84.9 Å². The monoisotopic (exact) mass is 515 g/mol. The van der Waals surface area contributed by atoms with Gasteiger partial charge in [-0.3, -0.25) is 4.57 Å². The van der Waals surface area contributed by atoms with Crippen LogP contribution in [0.2, 0.25) is 0 Å². The van der Waals surface area contributed by atoms with Gasteiger partial charge >= 0.3 is 0 Å². The molecule has 0 radical (unpaired) electrons. The highest BCUT2D eigenvalue weighted by molar-refractivity contribution is 7.26. The molecule has 0 spiro atoms. The summed E-state index contributed by atoms with van der Waals surface area (Å²) in [4.78, 5) is 5.07. The Hall–Kier alpha value is -4.93. The van der Waals surface area contributed by atoms with Gasteiger partial charge in [0.1, 0.15) is 0 Å². The van der Waals surface area contributed by atoms with Crippen LogP contribution in [-0.4, -0.2) is 14.1 Å². The molecule has 3 nitrogen and oxygen atoms in total. The summed E-state index contributed by atoms with van der Waals surface area (Å²) >= 11 is 1.82. The van der Waals surface area contributed by atoms with Crippen LogP contribution in [0, 0.1) is 0 Å². The summed E-state index contributed by atoms with van der Waals surface area (Å²) in [7, 11) is 0. The average molecular weight is 516 g/mol. The van der Waals surface area contributed by atoms with Gasteiger partial charge in [-0.15, -0.1) is 11.3 Å². The molecule has 9 aromatic rings. The highest BCUT2D eigenvalue weighted by atomic mass is 32.1. The first-order chi connectivity index (χ1) is 19.4. The van der Waals surface area contributed by atoms with Crippen LogP contribution in [0.5, 0.6) is 0 Å². The van der Waals surface area contributed by atoms with Crippen LogP contribution < -0.4 is 0 Å². The van der Waals surface area contributed by atoms with Crippen LogP contribution in [0.15, 0.2) is 128 Å². The number of hydrogen-bond acceptors (Lipinski definition) is 2. The predicted molar refractivity (Wildman–Crippen MR) is 166 cm³/mol. The Morgan fingerprint density at radius 3 is 1.79 bits per heavy atom. The Kier molecular flexibility index (Phi) is 4.21. The molecular weight excluding hydrogens is 494 g/mol. The summed E-state index contributed by atoms with van der Waals surface area (Å²) < 4.78 is 7.32. The molecule has 0 amide bonds. The van der Waals surface area contributed by atoms with E-state index in [1.165, 1.54) is 63.8 Å².